The zero-order valence-electron chi connectivity index (χ0n) is 15.3. The Hall–Kier alpha value is -2.70. The van der Waals surface area contributed by atoms with Gasteiger partial charge in [0.15, 0.2) is 0 Å². The van der Waals surface area contributed by atoms with E-state index in [0.717, 1.165) is 26.4 Å². The van der Waals surface area contributed by atoms with Gasteiger partial charge in [0.1, 0.15) is 16.5 Å². The van der Waals surface area contributed by atoms with Crippen LogP contribution >= 0.6 is 27.3 Å². The topological polar surface area (TPSA) is 65.7 Å². The first-order valence-corrected chi connectivity index (χ1v) is 10.3. The number of benzene rings is 3. The van der Waals surface area contributed by atoms with E-state index >= 15 is 0 Å². The molecule has 140 valence electrons. The molecular formula is C22H17BrN2O2S. The molecule has 1 heterocycles. The lowest BCUT2D eigenvalue weighted by molar-refractivity contribution is 0.470. The van der Waals surface area contributed by atoms with Gasteiger partial charge >= 0.3 is 0 Å². The number of aromatic hydroxyl groups is 2. The summed E-state index contributed by atoms with van der Waals surface area (Å²) in [6, 6.07) is 14.9. The summed E-state index contributed by atoms with van der Waals surface area (Å²) in [5.74, 6) is 0.326. The summed E-state index contributed by atoms with van der Waals surface area (Å²) < 4.78 is 1.74. The van der Waals surface area contributed by atoms with Gasteiger partial charge in [-0.15, -0.1) is 11.3 Å². The number of nitrogens with zero attached hydrogens (tertiary/aromatic N) is 2. The van der Waals surface area contributed by atoms with Crippen LogP contribution in [0.1, 0.15) is 16.7 Å². The molecule has 28 heavy (non-hydrogen) atoms. The molecule has 0 saturated carbocycles. The fourth-order valence-electron chi connectivity index (χ4n) is 2.89. The molecule has 4 aromatic rings. The predicted octanol–water partition coefficient (Wildman–Crippen LogP) is 6.50. The molecule has 1 aromatic heterocycles. The molecule has 0 aliphatic rings. The van der Waals surface area contributed by atoms with Crippen molar-refractivity contribution in [2.24, 2.45) is 4.99 Å². The van der Waals surface area contributed by atoms with Crippen LogP contribution in [-0.4, -0.2) is 21.4 Å². The number of phenols is 2. The van der Waals surface area contributed by atoms with Gasteiger partial charge in [0, 0.05) is 11.8 Å². The van der Waals surface area contributed by atoms with Crippen molar-refractivity contribution in [3.8, 4) is 22.1 Å². The Kier molecular flexibility index (Phi) is 4.91. The van der Waals surface area contributed by atoms with Crippen molar-refractivity contribution in [3.63, 3.8) is 0 Å². The van der Waals surface area contributed by atoms with Crippen molar-refractivity contribution in [2.45, 2.75) is 13.8 Å². The van der Waals surface area contributed by atoms with Crippen LogP contribution < -0.4 is 0 Å². The van der Waals surface area contributed by atoms with Crippen molar-refractivity contribution in [1.29, 1.82) is 0 Å². The third-order valence-corrected chi connectivity index (χ3v) is 6.67. The zero-order valence-corrected chi connectivity index (χ0v) is 17.7. The molecule has 0 bridgehead atoms. The predicted molar refractivity (Wildman–Crippen MR) is 119 cm³/mol. The highest BCUT2D eigenvalue weighted by Gasteiger charge is 2.12. The molecule has 0 aliphatic carbocycles. The largest absolute Gasteiger partial charge is 0.507 e. The Bertz CT molecular complexity index is 1200. The van der Waals surface area contributed by atoms with Crippen LogP contribution in [-0.2, 0) is 0 Å². The van der Waals surface area contributed by atoms with E-state index in [4.69, 9.17) is 0 Å². The lowest BCUT2D eigenvalue weighted by atomic mass is 10.1. The average molecular weight is 453 g/mol. The molecule has 0 fully saturated rings. The molecular weight excluding hydrogens is 436 g/mol. The van der Waals surface area contributed by atoms with Crippen LogP contribution in [0.5, 0.6) is 11.5 Å². The van der Waals surface area contributed by atoms with Crippen molar-refractivity contribution >= 4 is 49.4 Å². The molecule has 3 aromatic carbocycles. The molecule has 4 rings (SSSR count). The Morgan fingerprint density at radius 2 is 1.86 bits per heavy atom. The number of fused-ring (bicyclic) bond motifs is 1. The van der Waals surface area contributed by atoms with E-state index in [1.54, 1.807) is 24.4 Å². The van der Waals surface area contributed by atoms with Gasteiger partial charge in [-0.1, -0.05) is 12.1 Å². The normalized spacial score (nSPS) is 11.5. The van der Waals surface area contributed by atoms with Crippen molar-refractivity contribution in [1.82, 2.24) is 4.98 Å². The van der Waals surface area contributed by atoms with Gasteiger partial charge in [-0.2, -0.15) is 0 Å². The van der Waals surface area contributed by atoms with Crippen molar-refractivity contribution in [3.05, 3.63) is 69.7 Å². The van der Waals surface area contributed by atoms with Gasteiger partial charge in [-0.3, -0.25) is 4.99 Å². The summed E-state index contributed by atoms with van der Waals surface area (Å²) in [7, 11) is 0. The molecule has 0 amide bonds. The molecule has 0 saturated heterocycles. The minimum absolute atomic E-state index is 0.162. The first-order chi connectivity index (χ1) is 13.4. The van der Waals surface area contributed by atoms with Gasteiger partial charge in [0.25, 0.3) is 0 Å². The van der Waals surface area contributed by atoms with Crippen LogP contribution in [0.3, 0.4) is 0 Å². The Morgan fingerprint density at radius 3 is 2.64 bits per heavy atom. The fourth-order valence-corrected chi connectivity index (χ4v) is 4.43. The fraction of sp³-hybridized carbons (Fsp3) is 0.0909. The maximum atomic E-state index is 10.4. The Morgan fingerprint density at radius 1 is 1.07 bits per heavy atom. The number of aromatic nitrogens is 1. The van der Waals surface area contributed by atoms with E-state index in [2.05, 4.69) is 25.9 Å². The number of thiazole rings is 1. The van der Waals surface area contributed by atoms with Crippen molar-refractivity contribution in [2.75, 3.05) is 0 Å². The molecule has 2 N–H and O–H groups in total. The summed E-state index contributed by atoms with van der Waals surface area (Å²) >= 11 is 4.95. The summed E-state index contributed by atoms with van der Waals surface area (Å²) in [6.07, 6.45) is 1.63. The van der Waals surface area contributed by atoms with E-state index in [0.29, 0.717) is 21.3 Å². The Balaban J connectivity index is 1.72. The lowest BCUT2D eigenvalue weighted by Gasteiger charge is -2.08. The summed E-state index contributed by atoms with van der Waals surface area (Å²) in [5.41, 5.74) is 4.90. The van der Waals surface area contributed by atoms with E-state index in [-0.39, 0.29) is 11.5 Å². The van der Waals surface area contributed by atoms with Crippen LogP contribution in [0.25, 0.3) is 20.8 Å². The quantitative estimate of drug-likeness (QED) is 0.348. The number of hydrogen-bond donors (Lipinski definition) is 2. The second kappa shape index (κ2) is 7.37. The molecule has 4 nitrogen and oxygen atoms in total. The highest BCUT2D eigenvalue weighted by Crippen LogP contribution is 2.38. The average Bonchev–Trinajstić information content (AvgIpc) is 3.13. The highest BCUT2D eigenvalue weighted by atomic mass is 79.9. The van der Waals surface area contributed by atoms with Crippen molar-refractivity contribution < 1.29 is 10.2 Å². The van der Waals surface area contributed by atoms with E-state index in [9.17, 15) is 10.2 Å². The van der Waals surface area contributed by atoms with Gasteiger partial charge in [0.05, 0.1) is 25.9 Å². The summed E-state index contributed by atoms with van der Waals surface area (Å²) in [4.78, 5) is 9.10. The maximum Gasteiger partial charge on any atom is 0.138 e. The number of rotatable bonds is 3. The number of phenolic OH excluding ortho intramolecular Hbond substituents is 2. The maximum absolute atomic E-state index is 10.4. The second-order valence-electron chi connectivity index (χ2n) is 6.52. The molecule has 0 spiro atoms. The van der Waals surface area contributed by atoms with Crippen LogP contribution in [0, 0.1) is 13.8 Å². The van der Waals surface area contributed by atoms with Crippen LogP contribution in [0.4, 0.5) is 5.69 Å². The summed E-state index contributed by atoms with van der Waals surface area (Å²) in [6.45, 7) is 3.94. The Labute approximate surface area is 175 Å². The first kappa shape index (κ1) is 18.7. The van der Waals surface area contributed by atoms with Crippen LogP contribution in [0.15, 0.2) is 58.0 Å². The smallest absolute Gasteiger partial charge is 0.138 e. The number of para-hydroxylation sites is 1. The molecule has 6 heteroatoms. The number of aryl methyl sites for hydroxylation is 1. The van der Waals surface area contributed by atoms with Gasteiger partial charge in [-0.05, 0) is 77.3 Å². The van der Waals surface area contributed by atoms with Gasteiger partial charge in [-0.25, -0.2) is 4.98 Å². The number of aliphatic imine (C=N–C) groups is 1. The lowest BCUT2D eigenvalue weighted by Crippen LogP contribution is -1.90. The molecule has 0 radical (unpaired) electrons. The van der Waals surface area contributed by atoms with E-state index < -0.39 is 0 Å². The summed E-state index contributed by atoms with van der Waals surface area (Å²) in [5, 5.41) is 21.4. The number of hydrogen-bond acceptors (Lipinski definition) is 5. The standard InChI is InChI=1S/C22H17BrN2O2S/c1-12-9-14(21(27)20(23)13(12)2)11-24-15-7-8-18(26)16(10-15)22-25-17-5-3-4-6-19(17)28-22/h3-11,26-27H,1-2H3. The molecule has 0 aliphatic heterocycles. The van der Waals surface area contributed by atoms with Gasteiger partial charge < -0.3 is 10.2 Å². The molecule has 0 atom stereocenters. The third kappa shape index (κ3) is 3.41. The minimum atomic E-state index is 0.162. The second-order valence-corrected chi connectivity index (χ2v) is 8.34. The third-order valence-electron chi connectivity index (χ3n) is 4.63. The van der Waals surface area contributed by atoms with Gasteiger partial charge in [0.2, 0.25) is 0 Å². The van der Waals surface area contributed by atoms with Crippen LogP contribution in [0.2, 0.25) is 0 Å². The minimum Gasteiger partial charge on any atom is -0.507 e. The highest BCUT2D eigenvalue weighted by molar-refractivity contribution is 9.10. The van der Waals surface area contributed by atoms with E-state index in [1.165, 1.54) is 11.3 Å². The monoisotopic (exact) mass is 452 g/mol. The SMILES string of the molecule is Cc1cc(C=Nc2ccc(O)c(-c3nc4ccccc4s3)c2)c(O)c(Br)c1C. The van der Waals surface area contributed by atoms with E-state index in [1.807, 2.05) is 44.2 Å². The number of halogens is 1. The zero-order chi connectivity index (χ0) is 19.8. The molecule has 0 unspecified atom stereocenters. The first-order valence-electron chi connectivity index (χ1n) is 8.65.